The van der Waals surface area contributed by atoms with Crippen molar-refractivity contribution in [1.29, 1.82) is 0 Å². The molecule has 0 aliphatic rings. The van der Waals surface area contributed by atoms with Gasteiger partial charge in [0.1, 0.15) is 5.75 Å². The van der Waals surface area contributed by atoms with Crippen molar-refractivity contribution in [2.75, 3.05) is 6.61 Å². The van der Waals surface area contributed by atoms with Gasteiger partial charge in [-0.2, -0.15) is 0 Å². The van der Waals surface area contributed by atoms with Crippen molar-refractivity contribution < 1.29 is 14.3 Å². The van der Waals surface area contributed by atoms with E-state index in [-0.39, 0.29) is 24.2 Å². The van der Waals surface area contributed by atoms with Crippen molar-refractivity contribution in [2.24, 2.45) is 0 Å². The van der Waals surface area contributed by atoms with Crippen LogP contribution in [-0.4, -0.2) is 18.3 Å². The summed E-state index contributed by atoms with van der Waals surface area (Å²) < 4.78 is 5.84. The number of ether oxygens (including phenoxy) is 1. The Labute approximate surface area is 184 Å². The summed E-state index contributed by atoms with van der Waals surface area (Å²) in [7, 11) is 0. The van der Waals surface area contributed by atoms with Gasteiger partial charge in [0.25, 0.3) is 5.91 Å². The van der Waals surface area contributed by atoms with E-state index in [1.807, 2.05) is 67.6 Å². The number of hydrogen-bond acceptors (Lipinski definition) is 3. The van der Waals surface area contributed by atoms with Crippen LogP contribution in [0, 0.1) is 0 Å². The normalized spacial score (nSPS) is 11.5. The van der Waals surface area contributed by atoms with Gasteiger partial charge in [0.05, 0.1) is 12.6 Å². The van der Waals surface area contributed by atoms with E-state index < -0.39 is 0 Å². The van der Waals surface area contributed by atoms with Crippen LogP contribution in [0.15, 0.2) is 78.9 Å². The number of nitrogens with one attached hydrogen (secondary N) is 1. The molecule has 0 spiro atoms. The standard InChI is InChI=1S/C27H29NO3/c1-3-4-15-31-25-18-23(26(29)16-21-11-7-5-8-12-21)17-24(19-25)27(30)28-20(2)22-13-9-6-10-14-22/h5-14,17-20H,3-4,15-16H2,1-2H3,(H,28,30)/t20-/m1/s1. The zero-order valence-corrected chi connectivity index (χ0v) is 18.1. The number of benzene rings is 3. The molecule has 3 aromatic carbocycles. The van der Waals surface area contributed by atoms with Crippen LogP contribution < -0.4 is 10.1 Å². The maximum Gasteiger partial charge on any atom is 0.251 e. The van der Waals surface area contributed by atoms with Gasteiger partial charge >= 0.3 is 0 Å². The Kier molecular flexibility index (Phi) is 7.99. The first-order valence-electron chi connectivity index (χ1n) is 10.8. The van der Waals surface area contributed by atoms with Crippen LogP contribution in [0.1, 0.15) is 64.6 Å². The molecule has 0 saturated carbocycles. The molecule has 1 amide bonds. The quantitative estimate of drug-likeness (QED) is 0.337. The second-order valence-corrected chi connectivity index (χ2v) is 7.64. The fraction of sp³-hybridized carbons (Fsp3) is 0.259. The molecule has 0 aromatic heterocycles. The largest absolute Gasteiger partial charge is 0.494 e. The van der Waals surface area contributed by atoms with Crippen LogP contribution in [-0.2, 0) is 6.42 Å². The smallest absolute Gasteiger partial charge is 0.251 e. The minimum Gasteiger partial charge on any atom is -0.494 e. The van der Waals surface area contributed by atoms with Crippen molar-refractivity contribution in [3.05, 3.63) is 101 Å². The molecule has 3 aromatic rings. The number of carbonyl (C=O) groups is 2. The highest BCUT2D eigenvalue weighted by Gasteiger charge is 2.16. The Hall–Kier alpha value is -3.40. The summed E-state index contributed by atoms with van der Waals surface area (Å²) in [4.78, 5) is 25.9. The van der Waals surface area contributed by atoms with E-state index >= 15 is 0 Å². The van der Waals surface area contributed by atoms with Crippen molar-refractivity contribution in [2.45, 2.75) is 39.2 Å². The molecule has 4 nitrogen and oxygen atoms in total. The number of unbranched alkanes of at least 4 members (excludes halogenated alkanes) is 1. The molecular weight excluding hydrogens is 386 g/mol. The minimum atomic E-state index is -0.231. The van der Waals surface area contributed by atoms with Crippen molar-refractivity contribution in [1.82, 2.24) is 5.32 Å². The molecular formula is C27H29NO3. The SMILES string of the molecule is CCCCOc1cc(C(=O)Cc2ccccc2)cc(C(=O)N[C@H](C)c2ccccc2)c1. The van der Waals surface area contributed by atoms with E-state index in [1.165, 1.54) is 0 Å². The maximum atomic E-state index is 13.0. The summed E-state index contributed by atoms with van der Waals surface area (Å²) in [5.41, 5.74) is 2.86. The lowest BCUT2D eigenvalue weighted by molar-refractivity contribution is 0.0939. The van der Waals surface area contributed by atoms with E-state index in [2.05, 4.69) is 12.2 Å². The van der Waals surface area contributed by atoms with Crippen LogP contribution in [0.5, 0.6) is 5.75 Å². The zero-order valence-electron chi connectivity index (χ0n) is 18.1. The molecule has 1 atom stereocenters. The summed E-state index contributed by atoms with van der Waals surface area (Å²) in [5.74, 6) is 0.272. The molecule has 0 unspecified atom stereocenters. The van der Waals surface area contributed by atoms with E-state index in [1.54, 1.807) is 18.2 Å². The maximum absolute atomic E-state index is 13.0. The zero-order chi connectivity index (χ0) is 22.1. The fourth-order valence-electron chi connectivity index (χ4n) is 3.30. The molecule has 31 heavy (non-hydrogen) atoms. The van der Waals surface area contributed by atoms with E-state index in [0.29, 0.717) is 23.5 Å². The molecule has 0 aliphatic carbocycles. The van der Waals surface area contributed by atoms with E-state index in [0.717, 1.165) is 24.0 Å². The van der Waals surface area contributed by atoms with Crippen LogP contribution in [0.4, 0.5) is 0 Å². The molecule has 160 valence electrons. The fourth-order valence-corrected chi connectivity index (χ4v) is 3.30. The van der Waals surface area contributed by atoms with Gasteiger partial charge < -0.3 is 10.1 Å². The first-order valence-corrected chi connectivity index (χ1v) is 10.8. The predicted molar refractivity (Wildman–Crippen MR) is 124 cm³/mol. The molecule has 0 saturated heterocycles. The van der Waals surface area contributed by atoms with Crippen LogP contribution >= 0.6 is 0 Å². The van der Waals surface area contributed by atoms with Gasteiger partial charge in [0.2, 0.25) is 0 Å². The number of amides is 1. The van der Waals surface area contributed by atoms with Gasteiger partial charge in [-0.3, -0.25) is 9.59 Å². The topological polar surface area (TPSA) is 55.4 Å². The minimum absolute atomic E-state index is 0.0442. The highest BCUT2D eigenvalue weighted by atomic mass is 16.5. The first-order chi connectivity index (χ1) is 15.1. The second-order valence-electron chi connectivity index (χ2n) is 7.64. The van der Waals surface area contributed by atoms with E-state index in [9.17, 15) is 9.59 Å². The lowest BCUT2D eigenvalue weighted by atomic mass is 10.00. The van der Waals surface area contributed by atoms with Gasteiger partial charge in [-0.25, -0.2) is 0 Å². The van der Waals surface area contributed by atoms with Gasteiger partial charge in [-0.15, -0.1) is 0 Å². The molecule has 1 N–H and O–H groups in total. The summed E-state index contributed by atoms with van der Waals surface area (Å²) >= 11 is 0. The average Bonchev–Trinajstić information content (AvgIpc) is 2.80. The molecule has 4 heteroatoms. The Balaban J connectivity index is 1.82. The van der Waals surface area contributed by atoms with Gasteiger partial charge in [-0.1, -0.05) is 74.0 Å². The summed E-state index contributed by atoms with van der Waals surface area (Å²) in [6, 6.07) is 24.3. The monoisotopic (exact) mass is 415 g/mol. The van der Waals surface area contributed by atoms with Crippen LogP contribution in [0.3, 0.4) is 0 Å². The van der Waals surface area contributed by atoms with Gasteiger partial charge in [0, 0.05) is 17.5 Å². The summed E-state index contributed by atoms with van der Waals surface area (Å²) in [6.07, 6.45) is 2.20. The Morgan fingerprint density at radius 2 is 1.55 bits per heavy atom. The van der Waals surface area contributed by atoms with Gasteiger partial charge in [0.15, 0.2) is 5.78 Å². The predicted octanol–water partition coefficient (Wildman–Crippen LogP) is 5.78. The van der Waals surface area contributed by atoms with E-state index in [4.69, 9.17) is 4.74 Å². The lowest BCUT2D eigenvalue weighted by Crippen LogP contribution is -2.27. The Morgan fingerprint density at radius 3 is 2.23 bits per heavy atom. The number of hydrogen-bond donors (Lipinski definition) is 1. The third-order valence-electron chi connectivity index (χ3n) is 5.11. The van der Waals surface area contributed by atoms with Crippen molar-refractivity contribution in [3.8, 4) is 5.75 Å². The highest BCUT2D eigenvalue weighted by molar-refractivity contribution is 6.02. The molecule has 0 radical (unpaired) electrons. The molecule has 0 aliphatic heterocycles. The van der Waals surface area contributed by atoms with Crippen molar-refractivity contribution in [3.63, 3.8) is 0 Å². The summed E-state index contributed by atoms with van der Waals surface area (Å²) in [6.45, 7) is 4.58. The number of rotatable bonds is 10. The molecule has 0 bridgehead atoms. The number of carbonyl (C=O) groups excluding carboxylic acids is 2. The average molecular weight is 416 g/mol. The first kappa shape index (κ1) is 22.3. The molecule has 3 rings (SSSR count). The molecule has 0 fully saturated rings. The number of Topliss-reactive ketones (excluding diaryl/α,β-unsaturated/α-hetero) is 1. The van der Waals surface area contributed by atoms with Crippen LogP contribution in [0.25, 0.3) is 0 Å². The Morgan fingerprint density at radius 1 is 0.903 bits per heavy atom. The van der Waals surface area contributed by atoms with Gasteiger partial charge in [-0.05, 0) is 42.7 Å². The number of ketones is 1. The Bertz CT molecular complexity index is 1000. The van der Waals surface area contributed by atoms with Crippen molar-refractivity contribution >= 4 is 11.7 Å². The highest BCUT2D eigenvalue weighted by Crippen LogP contribution is 2.21. The molecule has 0 heterocycles. The third-order valence-corrected chi connectivity index (χ3v) is 5.11. The van der Waals surface area contributed by atoms with Crippen LogP contribution in [0.2, 0.25) is 0 Å². The lowest BCUT2D eigenvalue weighted by Gasteiger charge is -2.16. The summed E-state index contributed by atoms with van der Waals surface area (Å²) in [5, 5.41) is 3.02. The second kappa shape index (κ2) is 11.1. The third kappa shape index (κ3) is 6.54.